The molecular formula is C9H16FNO3. The van der Waals surface area contributed by atoms with E-state index in [1.807, 2.05) is 0 Å². The van der Waals surface area contributed by atoms with Gasteiger partial charge < -0.3 is 5.11 Å². The van der Waals surface area contributed by atoms with Crippen LogP contribution in [-0.2, 0) is 4.79 Å². The van der Waals surface area contributed by atoms with Crippen LogP contribution in [-0.4, -0.2) is 33.7 Å². The third-order valence-corrected chi connectivity index (χ3v) is 1.89. The zero-order chi connectivity index (χ0) is 11.5. The van der Waals surface area contributed by atoms with Crippen LogP contribution in [0, 0.1) is 0 Å². The maximum atomic E-state index is 12.6. The molecule has 0 aliphatic heterocycles. The second-order valence-electron chi connectivity index (χ2n) is 4.05. The highest BCUT2D eigenvalue weighted by atomic mass is 19.1. The van der Waals surface area contributed by atoms with Crippen molar-refractivity contribution in [3.8, 4) is 0 Å². The van der Waals surface area contributed by atoms with Crippen molar-refractivity contribution in [3.05, 3.63) is 0 Å². The van der Waals surface area contributed by atoms with E-state index in [1.165, 1.54) is 0 Å². The van der Waals surface area contributed by atoms with E-state index in [0.717, 1.165) is 4.90 Å². The lowest BCUT2D eigenvalue weighted by atomic mass is 10.0. The van der Waals surface area contributed by atoms with E-state index in [-0.39, 0.29) is 6.42 Å². The second kappa shape index (κ2) is 4.39. The smallest absolute Gasteiger partial charge is 0.408 e. The third kappa shape index (κ3) is 2.97. The van der Waals surface area contributed by atoms with Gasteiger partial charge in [-0.2, -0.15) is 4.39 Å². The van der Waals surface area contributed by atoms with Crippen LogP contribution in [0.3, 0.4) is 0 Å². The first kappa shape index (κ1) is 12.9. The Morgan fingerprint density at radius 3 is 1.93 bits per heavy atom. The van der Waals surface area contributed by atoms with Crippen molar-refractivity contribution in [1.82, 2.24) is 4.90 Å². The van der Waals surface area contributed by atoms with Gasteiger partial charge in [0.05, 0.1) is 0 Å². The van der Waals surface area contributed by atoms with Gasteiger partial charge in [-0.15, -0.1) is 0 Å². The van der Waals surface area contributed by atoms with Crippen LogP contribution in [0.25, 0.3) is 0 Å². The van der Waals surface area contributed by atoms with E-state index in [2.05, 4.69) is 0 Å². The van der Waals surface area contributed by atoms with Gasteiger partial charge in [0.1, 0.15) is 6.04 Å². The Balaban J connectivity index is 4.99. The molecule has 0 rings (SSSR count). The number of rotatable bonds is 3. The Hall–Kier alpha value is -1.13. The summed E-state index contributed by atoms with van der Waals surface area (Å²) in [4.78, 5) is 22.3. The van der Waals surface area contributed by atoms with Gasteiger partial charge in [-0.1, -0.05) is 6.92 Å². The minimum Gasteiger partial charge on any atom is -0.465 e. The molecule has 0 saturated carbocycles. The highest BCUT2D eigenvalue weighted by molar-refractivity contribution is 5.80. The fourth-order valence-corrected chi connectivity index (χ4v) is 1.33. The second-order valence-corrected chi connectivity index (χ2v) is 4.05. The van der Waals surface area contributed by atoms with E-state index in [1.54, 1.807) is 27.7 Å². The van der Waals surface area contributed by atoms with Crippen LogP contribution in [0.1, 0.15) is 34.1 Å². The normalized spacial score (nSPS) is 13.5. The monoisotopic (exact) mass is 205 g/mol. The fraction of sp³-hybridized carbons (Fsp3) is 0.778. The van der Waals surface area contributed by atoms with Crippen LogP contribution in [0.5, 0.6) is 0 Å². The summed E-state index contributed by atoms with van der Waals surface area (Å²) in [6.07, 6.45) is -1.14. The summed E-state index contributed by atoms with van der Waals surface area (Å²) in [6.45, 7) is 6.43. The van der Waals surface area contributed by atoms with Crippen LogP contribution in [0.2, 0.25) is 0 Å². The molecule has 5 heteroatoms. The molecule has 0 aromatic rings. The van der Waals surface area contributed by atoms with Gasteiger partial charge in [0.25, 0.3) is 0 Å². The molecule has 0 heterocycles. The summed E-state index contributed by atoms with van der Waals surface area (Å²) in [5.41, 5.74) is -0.783. The van der Waals surface area contributed by atoms with Crippen LogP contribution < -0.4 is 0 Å². The predicted molar refractivity (Wildman–Crippen MR) is 49.8 cm³/mol. The minimum absolute atomic E-state index is 0.138. The van der Waals surface area contributed by atoms with Crippen LogP contribution in [0.15, 0.2) is 0 Å². The molecule has 0 unspecified atom stereocenters. The molecule has 0 aliphatic rings. The Morgan fingerprint density at radius 1 is 1.43 bits per heavy atom. The molecular weight excluding hydrogens is 189 g/mol. The van der Waals surface area contributed by atoms with Crippen molar-refractivity contribution in [1.29, 1.82) is 0 Å². The Morgan fingerprint density at radius 2 is 1.86 bits per heavy atom. The van der Waals surface area contributed by atoms with Crippen molar-refractivity contribution in [2.45, 2.75) is 45.7 Å². The minimum atomic E-state index is -1.61. The SMILES string of the molecule is CC[C@@H](C(=O)F)N(C(=O)O)C(C)(C)C. The molecule has 14 heavy (non-hydrogen) atoms. The zero-order valence-electron chi connectivity index (χ0n) is 8.87. The summed E-state index contributed by atoms with van der Waals surface area (Å²) in [6, 6.07) is -2.81. The predicted octanol–water partition coefficient (Wildman–Crippen LogP) is 2.04. The quantitative estimate of drug-likeness (QED) is 0.717. The van der Waals surface area contributed by atoms with Crippen LogP contribution in [0.4, 0.5) is 9.18 Å². The lowest BCUT2D eigenvalue weighted by molar-refractivity contribution is -0.136. The molecule has 1 atom stereocenters. The third-order valence-electron chi connectivity index (χ3n) is 1.89. The van der Waals surface area contributed by atoms with Crippen molar-refractivity contribution in [2.75, 3.05) is 0 Å². The number of carbonyl (C=O) groups is 2. The van der Waals surface area contributed by atoms with Crippen LogP contribution >= 0.6 is 0 Å². The standard InChI is InChI=1S/C9H16FNO3/c1-5-6(7(10)12)11(8(13)14)9(2,3)4/h6H,5H2,1-4H3,(H,13,14)/t6-/m0/s1. The molecule has 0 bridgehead atoms. The number of amides is 1. The molecule has 4 nitrogen and oxygen atoms in total. The summed E-state index contributed by atoms with van der Waals surface area (Å²) >= 11 is 0. The molecule has 0 spiro atoms. The van der Waals surface area contributed by atoms with Gasteiger partial charge >= 0.3 is 12.1 Å². The first-order valence-corrected chi connectivity index (χ1v) is 4.43. The summed E-state index contributed by atoms with van der Waals surface area (Å²) in [5.74, 6) is 0. The Bertz CT molecular complexity index is 235. The highest BCUT2D eigenvalue weighted by Crippen LogP contribution is 2.20. The molecule has 1 amide bonds. The molecule has 0 saturated heterocycles. The van der Waals surface area contributed by atoms with E-state index in [4.69, 9.17) is 5.11 Å². The summed E-state index contributed by atoms with van der Waals surface area (Å²) < 4.78 is 12.6. The van der Waals surface area contributed by atoms with Gasteiger partial charge in [-0.05, 0) is 27.2 Å². The average Bonchev–Trinajstić information content (AvgIpc) is 1.95. The number of hydrogen-bond acceptors (Lipinski definition) is 2. The van der Waals surface area contributed by atoms with Gasteiger partial charge in [0, 0.05) is 5.54 Å². The summed E-state index contributed by atoms with van der Waals surface area (Å²) in [7, 11) is 0. The lowest BCUT2D eigenvalue weighted by Crippen LogP contribution is -2.53. The van der Waals surface area contributed by atoms with E-state index < -0.39 is 23.7 Å². The number of hydrogen-bond donors (Lipinski definition) is 1. The van der Waals surface area contributed by atoms with Gasteiger partial charge in [-0.25, -0.2) is 4.79 Å². The van der Waals surface area contributed by atoms with E-state index in [0.29, 0.717) is 0 Å². The highest BCUT2D eigenvalue weighted by Gasteiger charge is 2.36. The molecule has 0 aromatic carbocycles. The first-order valence-electron chi connectivity index (χ1n) is 4.43. The molecule has 0 aliphatic carbocycles. The van der Waals surface area contributed by atoms with Gasteiger partial charge in [-0.3, -0.25) is 9.69 Å². The van der Waals surface area contributed by atoms with Crippen molar-refractivity contribution in [2.24, 2.45) is 0 Å². The number of carbonyl (C=O) groups excluding carboxylic acids is 1. The summed E-state index contributed by atoms with van der Waals surface area (Å²) in [5, 5.41) is 8.87. The number of carboxylic acid groups (broad SMARTS) is 1. The Labute approximate surface area is 82.7 Å². The molecule has 82 valence electrons. The fourth-order valence-electron chi connectivity index (χ4n) is 1.33. The van der Waals surface area contributed by atoms with E-state index >= 15 is 0 Å². The molecule has 0 aromatic heterocycles. The topological polar surface area (TPSA) is 57.6 Å². The molecule has 0 radical (unpaired) electrons. The average molecular weight is 205 g/mol. The number of nitrogens with zero attached hydrogens (tertiary/aromatic N) is 1. The van der Waals surface area contributed by atoms with Gasteiger partial charge in [0.15, 0.2) is 0 Å². The largest absolute Gasteiger partial charge is 0.465 e. The molecule has 1 N–H and O–H groups in total. The van der Waals surface area contributed by atoms with Crippen molar-refractivity contribution >= 4 is 12.1 Å². The van der Waals surface area contributed by atoms with Crippen molar-refractivity contribution in [3.63, 3.8) is 0 Å². The van der Waals surface area contributed by atoms with E-state index in [9.17, 15) is 14.0 Å². The number of halogens is 1. The maximum absolute atomic E-state index is 12.6. The van der Waals surface area contributed by atoms with Gasteiger partial charge in [0.2, 0.25) is 0 Å². The molecule has 0 fully saturated rings. The lowest BCUT2D eigenvalue weighted by Gasteiger charge is -2.36. The maximum Gasteiger partial charge on any atom is 0.408 e. The van der Waals surface area contributed by atoms with Crippen molar-refractivity contribution < 1.29 is 19.1 Å². The Kier molecular flexibility index (Phi) is 4.04. The first-order chi connectivity index (χ1) is 6.21. The zero-order valence-corrected chi connectivity index (χ0v) is 8.87.